The lowest BCUT2D eigenvalue weighted by molar-refractivity contribution is 0.0497. The maximum atomic E-state index is 11.8. The Morgan fingerprint density at radius 2 is 1.04 bits per heavy atom. The molecule has 0 aliphatic heterocycles. The number of ether oxygens (including phenoxy) is 1. The number of benzene rings is 1. The Bertz CT molecular complexity index is 441. The van der Waals surface area contributed by atoms with Crippen molar-refractivity contribution in [2.24, 2.45) is 0 Å². The highest BCUT2D eigenvalue weighted by Crippen LogP contribution is 2.13. The fourth-order valence-electron chi connectivity index (χ4n) is 3.47. The first-order valence-electron chi connectivity index (χ1n) is 11.6. The van der Waals surface area contributed by atoms with E-state index < -0.39 is 0 Å². The van der Waals surface area contributed by atoms with E-state index in [0.29, 0.717) is 12.2 Å². The van der Waals surface area contributed by atoms with Crippen LogP contribution >= 0.6 is 0 Å². The molecule has 1 rings (SSSR count). The molecule has 0 saturated carbocycles. The van der Waals surface area contributed by atoms with Gasteiger partial charge in [0.1, 0.15) is 0 Å². The van der Waals surface area contributed by atoms with Crippen LogP contribution in [0.2, 0.25) is 0 Å². The number of hydrogen-bond donors (Lipinski definition) is 0. The van der Waals surface area contributed by atoms with Gasteiger partial charge in [-0.3, -0.25) is 0 Å². The smallest absolute Gasteiger partial charge is 0.338 e. The van der Waals surface area contributed by atoms with E-state index in [9.17, 15) is 4.79 Å². The summed E-state index contributed by atoms with van der Waals surface area (Å²) in [7, 11) is 0. The Hall–Kier alpha value is -1.31. The second-order valence-electron chi connectivity index (χ2n) is 7.81. The Morgan fingerprint density at radius 1 is 0.643 bits per heavy atom. The molecule has 28 heavy (non-hydrogen) atoms. The summed E-state index contributed by atoms with van der Waals surface area (Å²) in [5.74, 6) is -0.198. The van der Waals surface area contributed by atoms with Crippen LogP contribution in [0.3, 0.4) is 0 Å². The minimum atomic E-state index is -0.198. The molecule has 0 amide bonds. The lowest BCUT2D eigenvalue weighted by Crippen LogP contribution is -2.06. The Labute approximate surface area is 175 Å². The maximum Gasteiger partial charge on any atom is 0.338 e. The van der Waals surface area contributed by atoms with Crippen LogP contribution in [-0.2, 0) is 4.74 Å². The predicted molar refractivity (Wildman–Crippen MR) is 123 cm³/mol. The van der Waals surface area contributed by atoms with E-state index >= 15 is 0 Å². The van der Waals surface area contributed by atoms with E-state index in [4.69, 9.17) is 4.74 Å². The first-order chi connectivity index (χ1) is 13.3. The van der Waals surface area contributed by atoms with Crippen molar-refractivity contribution in [1.29, 1.82) is 0 Å². The van der Waals surface area contributed by atoms with E-state index in [0.717, 1.165) is 6.42 Å². The van der Waals surface area contributed by atoms with Gasteiger partial charge in [-0.25, -0.2) is 4.79 Å². The van der Waals surface area contributed by atoms with E-state index in [-0.39, 0.29) is 13.4 Å². The van der Waals surface area contributed by atoms with Crippen molar-refractivity contribution in [2.75, 3.05) is 6.61 Å². The van der Waals surface area contributed by atoms with Gasteiger partial charge in [-0.2, -0.15) is 0 Å². The normalized spacial score (nSPS) is 10.5. The van der Waals surface area contributed by atoms with Crippen LogP contribution in [0.15, 0.2) is 30.3 Å². The summed E-state index contributed by atoms with van der Waals surface area (Å²) in [5, 5.41) is 0. The van der Waals surface area contributed by atoms with Gasteiger partial charge >= 0.3 is 5.97 Å². The standard InChI is InChI=1S/C25H42O2.CH4/c1-2-3-4-5-6-7-8-9-10-11-12-13-14-15-16-20-23-27-25(26)24-21-18-17-19-22-24;/h17-19,21-22H,2-16,20,23H2,1H3;1H4. The molecule has 0 heterocycles. The fraction of sp³-hybridized carbons (Fsp3) is 0.731. The van der Waals surface area contributed by atoms with Crippen LogP contribution in [0.25, 0.3) is 0 Å². The van der Waals surface area contributed by atoms with Gasteiger partial charge in [0, 0.05) is 0 Å². The third-order valence-corrected chi connectivity index (χ3v) is 5.24. The zero-order valence-electron chi connectivity index (χ0n) is 17.7. The molecule has 2 heteroatoms. The zero-order chi connectivity index (χ0) is 19.4. The molecule has 0 unspecified atom stereocenters. The monoisotopic (exact) mass is 390 g/mol. The number of rotatable bonds is 18. The van der Waals surface area contributed by atoms with Crippen molar-refractivity contribution in [3.8, 4) is 0 Å². The Balaban J connectivity index is 0.00000729. The molecular weight excluding hydrogens is 344 g/mol. The number of carbonyl (C=O) groups is 1. The summed E-state index contributed by atoms with van der Waals surface area (Å²) < 4.78 is 5.31. The van der Waals surface area contributed by atoms with E-state index in [1.807, 2.05) is 18.2 Å². The van der Waals surface area contributed by atoms with Gasteiger partial charge in [-0.05, 0) is 18.6 Å². The molecule has 1 aromatic rings. The molecule has 2 nitrogen and oxygen atoms in total. The first-order valence-corrected chi connectivity index (χ1v) is 11.6. The largest absolute Gasteiger partial charge is 0.462 e. The summed E-state index contributed by atoms with van der Waals surface area (Å²) in [6, 6.07) is 9.24. The highest BCUT2D eigenvalue weighted by molar-refractivity contribution is 5.89. The van der Waals surface area contributed by atoms with Crippen molar-refractivity contribution >= 4 is 5.97 Å². The predicted octanol–water partition coefficient (Wildman–Crippen LogP) is 8.74. The van der Waals surface area contributed by atoms with Crippen molar-refractivity contribution in [3.05, 3.63) is 35.9 Å². The minimum Gasteiger partial charge on any atom is -0.462 e. The molecule has 1 aromatic carbocycles. The molecular formula is C26H46O2. The van der Waals surface area contributed by atoms with Crippen LogP contribution in [0, 0.1) is 0 Å². The molecule has 0 atom stereocenters. The third kappa shape index (κ3) is 15.7. The van der Waals surface area contributed by atoms with Crippen LogP contribution in [0.5, 0.6) is 0 Å². The van der Waals surface area contributed by atoms with Gasteiger partial charge in [-0.15, -0.1) is 0 Å². The average molecular weight is 391 g/mol. The van der Waals surface area contributed by atoms with E-state index in [1.165, 1.54) is 96.3 Å². The summed E-state index contributed by atoms with van der Waals surface area (Å²) in [4.78, 5) is 11.8. The quantitative estimate of drug-likeness (QED) is 0.185. The van der Waals surface area contributed by atoms with Crippen molar-refractivity contribution in [1.82, 2.24) is 0 Å². The van der Waals surface area contributed by atoms with Crippen LogP contribution in [0.4, 0.5) is 0 Å². The van der Waals surface area contributed by atoms with Gasteiger partial charge in [0.2, 0.25) is 0 Å². The summed E-state index contributed by atoms with van der Waals surface area (Å²) in [6.45, 7) is 2.83. The van der Waals surface area contributed by atoms with Crippen molar-refractivity contribution < 1.29 is 9.53 Å². The second-order valence-corrected chi connectivity index (χ2v) is 7.81. The Morgan fingerprint density at radius 3 is 1.46 bits per heavy atom. The van der Waals surface area contributed by atoms with Crippen molar-refractivity contribution in [2.45, 2.75) is 117 Å². The molecule has 0 N–H and O–H groups in total. The molecule has 0 radical (unpaired) electrons. The molecule has 0 aromatic heterocycles. The minimum absolute atomic E-state index is 0. The number of unbranched alkanes of at least 4 members (excludes halogenated alkanes) is 15. The molecule has 0 aliphatic rings. The second kappa shape index (κ2) is 20.4. The van der Waals surface area contributed by atoms with Gasteiger partial charge in [0.05, 0.1) is 12.2 Å². The maximum absolute atomic E-state index is 11.8. The van der Waals surface area contributed by atoms with Gasteiger partial charge in [0.15, 0.2) is 0 Å². The number of carbonyl (C=O) groups excluding carboxylic acids is 1. The Kier molecular flexibility index (Phi) is 19.5. The lowest BCUT2D eigenvalue weighted by atomic mass is 10.0. The molecule has 0 spiro atoms. The average Bonchev–Trinajstić information content (AvgIpc) is 2.70. The van der Waals surface area contributed by atoms with Gasteiger partial charge in [-0.1, -0.05) is 129 Å². The summed E-state index contributed by atoms with van der Waals surface area (Å²) in [5.41, 5.74) is 0.647. The van der Waals surface area contributed by atoms with Gasteiger partial charge < -0.3 is 4.74 Å². The van der Waals surface area contributed by atoms with Crippen LogP contribution < -0.4 is 0 Å². The highest BCUT2D eigenvalue weighted by atomic mass is 16.5. The third-order valence-electron chi connectivity index (χ3n) is 5.24. The molecule has 0 bridgehead atoms. The molecule has 0 fully saturated rings. The van der Waals surface area contributed by atoms with Crippen LogP contribution in [-0.4, -0.2) is 12.6 Å². The van der Waals surface area contributed by atoms with Crippen molar-refractivity contribution in [3.63, 3.8) is 0 Å². The highest BCUT2D eigenvalue weighted by Gasteiger charge is 2.04. The molecule has 162 valence electrons. The topological polar surface area (TPSA) is 26.3 Å². The summed E-state index contributed by atoms with van der Waals surface area (Å²) >= 11 is 0. The van der Waals surface area contributed by atoms with Gasteiger partial charge in [0.25, 0.3) is 0 Å². The SMILES string of the molecule is C.CCCCCCCCCCCCCCCCCCOC(=O)c1ccccc1. The van der Waals surface area contributed by atoms with E-state index in [2.05, 4.69) is 6.92 Å². The molecule has 0 saturated heterocycles. The first kappa shape index (κ1) is 26.7. The zero-order valence-corrected chi connectivity index (χ0v) is 17.7. The molecule has 0 aliphatic carbocycles. The summed E-state index contributed by atoms with van der Waals surface area (Å²) in [6.07, 6.45) is 21.7. The van der Waals surface area contributed by atoms with E-state index in [1.54, 1.807) is 12.1 Å². The lowest BCUT2D eigenvalue weighted by Gasteiger charge is -2.05. The fourth-order valence-corrected chi connectivity index (χ4v) is 3.47. The number of hydrogen-bond acceptors (Lipinski definition) is 2. The van der Waals surface area contributed by atoms with Crippen LogP contribution in [0.1, 0.15) is 127 Å². The number of esters is 1.